The summed E-state index contributed by atoms with van der Waals surface area (Å²) in [6.07, 6.45) is 1.96. The van der Waals surface area contributed by atoms with E-state index in [9.17, 15) is 9.59 Å². The van der Waals surface area contributed by atoms with E-state index >= 15 is 0 Å². The number of nitrogens with one attached hydrogen (secondary N) is 2. The van der Waals surface area contributed by atoms with E-state index in [4.69, 9.17) is 0 Å². The summed E-state index contributed by atoms with van der Waals surface area (Å²) in [6.45, 7) is 0.953. The summed E-state index contributed by atoms with van der Waals surface area (Å²) in [6, 6.07) is 3.83. The van der Waals surface area contributed by atoms with Crippen molar-refractivity contribution < 1.29 is 0 Å². The van der Waals surface area contributed by atoms with Crippen LogP contribution in [0.3, 0.4) is 0 Å². The fourth-order valence-electron chi connectivity index (χ4n) is 2.40. The molecule has 0 saturated carbocycles. The maximum absolute atomic E-state index is 11.6. The van der Waals surface area contributed by atoms with E-state index in [2.05, 4.69) is 10.3 Å². The molecular weight excluding hydrogens is 218 g/mol. The lowest BCUT2D eigenvalue weighted by Crippen LogP contribution is -2.35. The summed E-state index contributed by atoms with van der Waals surface area (Å²) in [5, 5.41) is 3.30. The van der Waals surface area contributed by atoms with Crippen LogP contribution in [-0.4, -0.2) is 16.1 Å². The number of aromatic nitrogens is 2. The van der Waals surface area contributed by atoms with Crippen molar-refractivity contribution in [3.05, 3.63) is 38.4 Å². The van der Waals surface area contributed by atoms with Crippen molar-refractivity contribution in [3.8, 4) is 0 Å². The predicted octanol–water partition coefficient (Wildman–Crippen LogP) is 0.585. The summed E-state index contributed by atoms with van der Waals surface area (Å²) in [5.41, 5.74) is 2.64. The molecular formula is C12H13N3O2. The molecule has 0 fully saturated rings. The number of rotatable bonds is 0. The third kappa shape index (κ3) is 1.39. The summed E-state index contributed by atoms with van der Waals surface area (Å²) in [4.78, 5) is 25.8. The molecule has 1 aliphatic rings. The zero-order chi connectivity index (χ0) is 12.0. The fraction of sp³-hybridized carbons (Fsp3) is 0.333. The number of aromatic amines is 1. The standard InChI is InChI=1S/C12H13N3O2/c1-15-9-5-4-8-7(3-2-6-13-8)10(9)14-11(16)12(15)17/h4-5,13H,2-3,6H2,1H3,(H,14,16). The molecule has 0 spiro atoms. The molecule has 5 nitrogen and oxygen atoms in total. The third-order valence-corrected chi connectivity index (χ3v) is 3.31. The van der Waals surface area contributed by atoms with Crippen molar-refractivity contribution in [2.45, 2.75) is 12.8 Å². The van der Waals surface area contributed by atoms with Crippen LogP contribution in [0.2, 0.25) is 0 Å². The molecule has 0 amide bonds. The molecule has 0 saturated heterocycles. The Kier molecular flexibility index (Phi) is 2.07. The van der Waals surface area contributed by atoms with Gasteiger partial charge in [-0.3, -0.25) is 9.59 Å². The Labute approximate surface area is 97.1 Å². The topological polar surface area (TPSA) is 66.9 Å². The highest BCUT2D eigenvalue weighted by Gasteiger charge is 2.14. The Balaban J connectivity index is 2.48. The van der Waals surface area contributed by atoms with E-state index in [1.807, 2.05) is 12.1 Å². The molecule has 2 N–H and O–H groups in total. The van der Waals surface area contributed by atoms with Crippen molar-refractivity contribution in [1.29, 1.82) is 0 Å². The minimum atomic E-state index is -0.557. The van der Waals surface area contributed by atoms with Gasteiger partial charge in [0, 0.05) is 24.8 Å². The molecule has 17 heavy (non-hydrogen) atoms. The minimum absolute atomic E-state index is 0.513. The lowest BCUT2D eigenvalue weighted by Gasteiger charge is -2.19. The first-order valence-corrected chi connectivity index (χ1v) is 5.67. The van der Waals surface area contributed by atoms with Crippen molar-refractivity contribution >= 4 is 16.7 Å². The van der Waals surface area contributed by atoms with Gasteiger partial charge in [0.1, 0.15) is 0 Å². The lowest BCUT2D eigenvalue weighted by atomic mass is 10.0. The molecule has 1 aromatic heterocycles. The SMILES string of the molecule is Cn1c(=O)c(=O)[nH]c2c3c(ccc21)NCCC3. The largest absolute Gasteiger partial charge is 0.385 e. The van der Waals surface area contributed by atoms with Gasteiger partial charge >= 0.3 is 11.1 Å². The van der Waals surface area contributed by atoms with Crippen molar-refractivity contribution in [3.63, 3.8) is 0 Å². The van der Waals surface area contributed by atoms with E-state index in [0.717, 1.165) is 41.7 Å². The first kappa shape index (κ1) is 10.1. The normalized spacial score (nSPS) is 14.4. The van der Waals surface area contributed by atoms with Crippen LogP contribution in [-0.2, 0) is 13.5 Å². The summed E-state index contributed by atoms with van der Waals surface area (Å²) < 4.78 is 1.41. The monoisotopic (exact) mass is 231 g/mol. The van der Waals surface area contributed by atoms with E-state index in [1.165, 1.54) is 4.57 Å². The van der Waals surface area contributed by atoms with E-state index in [-0.39, 0.29) is 0 Å². The van der Waals surface area contributed by atoms with Crippen LogP contribution >= 0.6 is 0 Å². The van der Waals surface area contributed by atoms with Gasteiger partial charge in [-0.1, -0.05) is 0 Å². The van der Waals surface area contributed by atoms with E-state index in [1.54, 1.807) is 7.05 Å². The Morgan fingerprint density at radius 2 is 2.12 bits per heavy atom. The van der Waals surface area contributed by atoms with Crippen LogP contribution in [0.4, 0.5) is 5.69 Å². The van der Waals surface area contributed by atoms with Crippen LogP contribution in [0.5, 0.6) is 0 Å². The molecule has 0 radical (unpaired) electrons. The summed E-state index contributed by atoms with van der Waals surface area (Å²) >= 11 is 0. The Bertz CT molecular complexity index is 712. The second-order valence-corrected chi connectivity index (χ2v) is 4.33. The van der Waals surface area contributed by atoms with E-state index < -0.39 is 11.1 Å². The van der Waals surface area contributed by atoms with Gasteiger partial charge in [0.05, 0.1) is 11.0 Å². The highest BCUT2D eigenvalue weighted by Crippen LogP contribution is 2.27. The fourth-order valence-corrected chi connectivity index (χ4v) is 2.40. The number of benzene rings is 1. The Morgan fingerprint density at radius 1 is 1.29 bits per heavy atom. The number of anilines is 1. The summed E-state index contributed by atoms with van der Waals surface area (Å²) in [7, 11) is 1.63. The molecule has 2 heterocycles. The minimum Gasteiger partial charge on any atom is -0.385 e. The third-order valence-electron chi connectivity index (χ3n) is 3.31. The van der Waals surface area contributed by atoms with Gasteiger partial charge in [-0.05, 0) is 25.0 Å². The lowest BCUT2D eigenvalue weighted by molar-refractivity contribution is 0.824. The maximum atomic E-state index is 11.6. The van der Waals surface area contributed by atoms with Crippen LogP contribution < -0.4 is 16.4 Å². The second-order valence-electron chi connectivity index (χ2n) is 4.33. The molecule has 1 aliphatic heterocycles. The van der Waals surface area contributed by atoms with Crippen molar-refractivity contribution in [2.24, 2.45) is 7.05 Å². The van der Waals surface area contributed by atoms with Gasteiger partial charge in [-0.15, -0.1) is 0 Å². The van der Waals surface area contributed by atoms with Gasteiger partial charge in [-0.25, -0.2) is 0 Å². The van der Waals surface area contributed by atoms with Gasteiger partial charge in [-0.2, -0.15) is 0 Å². The quantitative estimate of drug-likeness (QED) is 0.652. The zero-order valence-corrected chi connectivity index (χ0v) is 9.54. The molecule has 88 valence electrons. The van der Waals surface area contributed by atoms with Crippen LogP contribution in [0, 0.1) is 0 Å². The number of H-pyrrole nitrogens is 1. The molecule has 5 heteroatoms. The number of hydrogen-bond donors (Lipinski definition) is 2. The first-order valence-electron chi connectivity index (χ1n) is 5.67. The average molecular weight is 231 g/mol. The highest BCUT2D eigenvalue weighted by molar-refractivity contribution is 5.84. The van der Waals surface area contributed by atoms with Gasteiger partial charge in [0.2, 0.25) is 0 Å². The zero-order valence-electron chi connectivity index (χ0n) is 9.54. The first-order chi connectivity index (χ1) is 8.18. The number of hydrogen-bond acceptors (Lipinski definition) is 3. The molecule has 1 aromatic carbocycles. The summed E-state index contributed by atoms with van der Waals surface area (Å²) in [5.74, 6) is 0. The van der Waals surface area contributed by atoms with Crippen molar-refractivity contribution in [1.82, 2.24) is 9.55 Å². The Morgan fingerprint density at radius 3 is 2.94 bits per heavy atom. The van der Waals surface area contributed by atoms with E-state index in [0.29, 0.717) is 0 Å². The second kappa shape index (κ2) is 3.48. The Hall–Kier alpha value is -2.04. The van der Waals surface area contributed by atoms with Gasteiger partial charge in [0.25, 0.3) is 0 Å². The van der Waals surface area contributed by atoms with Crippen LogP contribution in [0.15, 0.2) is 21.7 Å². The van der Waals surface area contributed by atoms with Crippen LogP contribution in [0.25, 0.3) is 11.0 Å². The average Bonchev–Trinajstić information content (AvgIpc) is 2.36. The molecule has 0 unspecified atom stereocenters. The molecule has 3 rings (SSSR count). The molecule has 0 aliphatic carbocycles. The molecule has 2 aromatic rings. The highest BCUT2D eigenvalue weighted by atomic mass is 16.2. The number of nitrogens with zero attached hydrogens (tertiary/aromatic N) is 1. The number of fused-ring (bicyclic) bond motifs is 3. The van der Waals surface area contributed by atoms with Crippen molar-refractivity contribution in [2.75, 3.05) is 11.9 Å². The maximum Gasteiger partial charge on any atom is 0.316 e. The predicted molar refractivity (Wildman–Crippen MR) is 66.6 cm³/mol. The molecule has 0 atom stereocenters. The number of aryl methyl sites for hydroxylation is 2. The van der Waals surface area contributed by atoms with Gasteiger partial charge in [0.15, 0.2) is 0 Å². The molecule has 0 bridgehead atoms. The van der Waals surface area contributed by atoms with Gasteiger partial charge < -0.3 is 14.9 Å². The van der Waals surface area contributed by atoms with Crippen LogP contribution in [0.1, 0.15) is 12.0 Å². The smallest absolute Gasteiger partial charge is 0.316 e.